The number of thioether (sulfide) groups is 1. The third-order valence-corrected chi connectivity index (χ3v) is 16.5. The van der Waals surface area contributed by atoms with E-state index in [1.54, 1.807) is 11.8 Å². The largest absolute Gasteiger partial charge is 0.313 e. The van der Waals surface area contributed by atoms with Gasteiger partial charge >= 0.3 is 0 Å². The zero-order chi connectivity index (χ0) is 50.3. The maximum absolute atomic E-state index is 8.88. The average molecular weight is 914 g/mol. The molecule has 3 heterocycles. The number of para-hydroxylation sites is 2. The third kappa shape index (κ3) is 5.64. The molecule has 328 valence electrons. The predicted octanol–water partition coefficient (Wildman–Crippen LogP) is 17.6. The topological polar surface area (TPSA) is 9.86 Å². The van der Waals surface area contributed by atoms with Gasteiger partial charge in [-0.3, -0.25) is 0 Å². The summed E-state index contributed by atoms with van der Waals surface area (Å²) in [5, 5.41) is 4.74. The highest BCUT2D eigenvalue weighted by atomic mass is 32.2. The summed E-state index contributed by atoms with van der Waals surface area (Å²) in [6.07, 6.45) is 5.14. The van der Waals surface area contributed by atoms with Crippen molar-refractivity contribution in [2.45, 2.75) is 22.6 Å². The van der Waals surface area contributed by atoms with Crippen LogP contribution in [0.25, 0.3) is 88.4 Å². The Labute approximate surface area is 418 Å². The van der Waals surface area contributed by atoms with Gasteiger partial charge in [-0.1, -0.05) is 194 Å². The van der Waals surface area contributed by atoms with E-state index in [0.29, 0.717) is 12.0 Å². The highest BCUT2D eigenvalue weighted by Crippen LogP contribution is 2.58. The highest BCUT2D eigenvalue weighted by molar-refractivity contribution is 8.03. The van der Waals surface area contributed by atoms with Crippen molar-refractivity contribution in [3.05, 3.63) is 281 Å². The second-order valence-electron chi connectivity index (χ2n) is 18.7. The van der Waals surface area contributed by atoms with Crippen molar-refractivity contribution in [1.29, 1.82) is 0 Å². The van der Waals surface area contributed by atoms with Gasteiger partial charge < -0.3 is 9.13 Å². The van der Waals surface area contributed by atoms with E-state index in [-0.39, 0.29) is 41.7 Å². The summed E-state index contributed by atoms with van der Waals surface area (Å²) < 4.78 is 47.7. The fourth-order valence-electron chi connectivity index (χ4n) is 12.4. The molecule has 0 fully saturated rings. The Bertz CT molecular complexity index is 4410. The summed E-state index contributed by atoms with van der Waals surface area (Å²) in [6.45, 7) is 0. The molecule has 2 aliphatic carbocycles. The molecule has 0 radical (unpaired) electrons. The Morgan fingerprint density at radius 3 is 1.69 bits per heavy atom. The van der Waals surface area contributed by atoms with Gasteiger partial charge in [0.2, 0.25) is 0 Å². The van der Waals surface area contributed by atoms with Crippen LogP contribution in [0.5, 0.6) is 0 Å². The first-order chi connectivity index (χ1) is 36.8. The summed E-state index contributed by atoms with van der Waals surface area (Å²) in [5.74, 6) is -0.0328. The number of fused-ring (bicyclic) bond motifs is 12. The molecule has 0 N–H and O–H groups in total. The van der Waals surface area contributed by atoms with E-state index in [0.717, 1.165) is 55.0 Å². The number of nitrogens with zero attached hydrogens (tertiary/aromatic N) is 2. The van der Waals surface area contributed by atoms with Crippen molar-refractivity contribution in [1.82, 2.24) is 9.13 Å². The minimum Gasteiger partial charge on any atom is -0.313 e. The van der Waals surface area contributed by atoms with Crippen LogP contribution in [0.15, 0.2) is 258 Å². The fraction of sp³-hybridized carbons (Fsp3) is 0.0448. The van der Waals surface area contributed by atoms with Crippen molar-refractivity contribution in [2.24, 2.45) is 0 Å². The standard InChI is InChI=1S/C67H44N2S/c1-3-16-43(17-4-1)50-24-15-29-65-66(50)57-42-49(36-39-64(57)70-65)69-61-28-14-10-23-54(61)56-41-45(31-38-63(56)69)44-30-37-62-55(40-44)53-22-9-13-27-60(53)68(62)48-34-32-47(33-35-48)67(46-18-5-2-6-19-46)58-25-11-7-20-51(58)52-21-8-12-26-59(52)67/h1-41,57H,42H2/i1D,3D,4D,16D,17D. The van der Waals surface area contributed by atoms with E-state index in [1.807, 2.05) is 12.1 Å². The fourth-order valence-corrected chi connectivity index (χ4v) is 13.6. The average Bonchev–Trinajstić information content (AvgIpc) is 4.20. The molecule has 1 atom stereocenters. The van der Waals surface area contributed by atoms with Crippen molar-refractivity contribution >= 4 is 61.1 Å². The van der Waals surface area contributed by atoms with Gasteiger partial charge in [0.05, 0.1) is 34.3 Å². The second kappa shape index (κ2) is 15.3. The van der Waals surface area contributed by atoms with Crippen molar-refractivity contribution < 1.29 is 6.85 Å². The zero-order valence-electron chi connectivity index (χ0n) is 42.9. The van der Waals surface area contributed by atoms with Crippen molar-refractivity contribution in [3.8, 4) is 39.1 Å². The minimum atomic E-state index is -0.463. The van der Waals surface area contributed by atoms with E-state index in [9.17, 15) is 0 Å². The zero-order valence-corrected chi connectivity index (χ0v) is 38.7. The summed E-state index contributed by atoms with van der Waals surface area (Å²) in [6, 6.07) is 73.8. The molecule has 1 aliphatic heterocycles. The number of rotatable bonds is 6. The van der Waals surface area contributed by atoms with Gasteiger partial charge in [-0.25, -0.2) is 0 Å². The van der Waals surface area contributed by atoms with Gasteiger partial charge in [0, 0.05) is 43.7 Å². The lowest BCUT2D eigenvalue weighted by Gasteiger charge is -2.34. The predicted molar refractivity (Wildman–Crippen MR) is 294 cm³/mol. The van der Waals surface area contributed by atoms with Gasteiger partial charge in [-0.15, -0.1) is 0 Å². The van der Waals surface area contributed by atoms with Crippen molar-refractivity contribution in [3.63, 3.8) is 0 Å². The van der Waals surface area contributed by atoms with Crippen LogP contribution >= 0.6 is 11.8 Å². The normalized spacial score (nSPS) is 16.5. The Kier molecular flexibility index (Phi) is 7.63. The molecule has 1 unspecified atom stereocenters. The number of hydrogen-bond acceptors (Lipinski definition) is 1. The Morgan fingerprint density at radius 1 is 0.443 bits per heavy atom. The van der Waals surface area contributed by atoms with E-state index in [2.05, 4.69) is 215 Å². The molecule has 70 heavy (non-hydrogen) atoms. The van der Waals surface area contributed by atoms with E-state index in [1.165, 1.54) is 59.8 Å². The van der Waals surface area contributed by atoms with E-state index < -0.39 is 5.41 Å². The van der Waals surface area contributed by atoms with Gasteiger partial charge in [-0.2, -0.15) is 0 Å². The molecule has 0 saturated heterocycles. The molecule has 3 aliphatic rings. The number of allylic oxidation sites excluding steroid dienone is 4. The van der Waals surface area contributed by atoms with Crippen LogP contribution in [0.4, 0.5) is 0 Å². The molecule has 15 rings (SSSR count). The van der Waals surface area contributed by atoms with Gasteiger partial charge in [0.25, 0.3) is 0 Å². The minimum absolute atomic E-state index is 0.0328. The number of aromatic nitrogens is 2. The van der Waals surface area contributed by atoms with Gasteiger partial charge in [0.1, 0.15) is 0 Å². The summed E-state index contributed by atoms with van der Waals surface area (Å²) in [5.41, 5.74) is 18.3. The molecule has 2 aromatic heterocycles. The van der Waals surface area contributed by atoms with Gasteiger partial charge in [0.15, 0.2) is 0 Å². The number of benzene rings is 10. The number of hydrogen-bond donors (Lipinski definition) is 0. The maximum atomic E-state index is 8.88. The Hall–Kier alpha value is -8.37. The first-order valence-corrected chi connectivity index (χ1v) is 24.8. The van der Waals surface area contributed by atoms with Crippen molar-refractivity contribution in [2.75, 3.05) is 0 Å². The van der Waals surface area contributed by atoms with Gasteiger partial charge in [-0.05, 0) is 139 Å². The molecule has 0 bridgehead atoms. The summed E-state index contributed by atoms with van der Waals surface area (Å²) in [7, 11) is 0. The monoisotopic (exact) mass is 913 g/mol. The quantitative estimate of drug-likeness (QED) is 0.162. The maximum Gasteiger partial charge on any atom is 0.0713 e. The molecule has 0 spiro atoms. The summed E-state index contributed by atoms with van der Waals surface area (Å²) >= 11 is 1.71. The lowest BCUT2D eigenvalue weighted by Crippen LogP contribution is -2.28. The van der Waals surface area contributed by atoms with Crippen LogP contribution in [0.3, 0.4) is 0 Å². The molecule has 10 aromatic carbocycles. The van der Waals surface area contributed by atoms with Crippen LogP contribution < -0.4 is 0 Å². The van der Waals surface area contributed by atoms with E-state index in [4.69, 9.17) is 6.85 Å². The third-order valence-electron chi connectivity index (χ3n) is 15.3. The van der Waals surface area contributed by atoms with Crippen LogP contribution in [-0.4, -0.2) is 9.13 Å². The van der Waals surface area contributed by atoms with E-state index >= 15 is 0 Å². The van der Waals surface area contributed by atoms with Crippen LogP contribution in [-0.2, 0) is 5.41 Å². The summed E-state index contributed by atoms with van der Waals surface area (Å²) in [4.78, 5) is 2.26. The molecular weight excluding hydrogens is 865 g/mol. The SMILES string of the molecule is [2H]c1c([2H])c([2H])c(-c2cccc3c2C2CC(n4c5ccccc5c5cc(-c6ccc7c(c6)c6ccccc6n7-c6ccc(C7(c8ccccc8)c8ccccc8-c8ccccc87)cc6)ccc54)=CC=C2S3)c([2H])c1[2H]. The molecule has 2 nitrogen and oxygen atoms in total. The molecular formula is C67H44N2S. The highest BCUT2D eigenvalue weighted by Gasteiger charge is 2.46. The molecule has 0 saturated carbocycles. The smallest absolute Gasteiger partial charge is 0.0713 e. The van der Waals surface area contributed by atoms with Crippen LogP contribution in [0.2, 0.25) is 0 Å². The Balaban J connectivity index is 0.813. The Morgan fingerprint density at radius 2 is 1.00 bits per heavy atom. The lowest BCUT2D eigenvalue weighted by atomic mass is 9.68. The lowest BCUT2D eigenvalue weighted by molar-refractivity contribution is 0.768. The first-order valence-electron chi connectivity index (χ1n) is 26.5. The molecule has 3 heteroatoms. The molecule has 0 amide bonds. The van der Waals surface area contributed by atoms with Crippen LogP contribution in [0, 0.1) is 0 Å². The van der Waals surface area contributed by atoms with Crippen LogP contribution in [0.1, 0.15) is 47.0 Å². The molecule has 12 aromatic rings. The second-order valence-corrected chi connectivity index (χ2v) is 19.8. The first kappa shape index (κ1) is 34.8.